The summed E-state index contributed by atoms with van der Waals surface area (Å²) in [6.45, 7) is 4.19. The molecule has 1 heterocycles. The molecule has 1 aromatic heterocycles. The molecule has 0 saturated heterocycles. The van der Waals surface area contributed by atoms with Crippen LogP contribution in [0.1, 0.15) is 22.5 Å². The Bertz CT molecular complexity index is 456. The molecule has 15 heavy (non-hydrogen) atoms. The zero-order valence-electron chi connectivity index (χ0n) is 8.82. The molecule has 0 atom stereocenters. The van der Waals surface area contributed by atoms with Gasteiger partial charge < -0.3 is 5.73 Å². The maximum absolute atomic E-state index is 5.54. The average Bonchev–Trinajstić information content (AvgIpc) is 2.49. The van der Waals surface area contributed by atoms with Gasteiger partial charge >= 0.3 is 0 Å². The fraction of sp³-hybridized carbons (Fsp3) is 0.273. The second-order valence-corrected chi connectivity index (χ2v) is 4.51. The molecule has 2 N–H and O–H groups in total. The highest BCUT2D eigenvalue weighted by Gasteiger charge is 2.03. The van der Waals surface area contributed by atoms with Gasteiger partial charge in [-0.05, 0) is 19.4 Å². The summed E-state index contributed by atoms with van der Waals surface area (Å²) in [5.74, 6) is 0.808. The molecule has 0 aliphatic heterocycles. The Balaban J connectivity index is 2.24. The number of aryl methyl sites for hydroxylation is 2. The van der Waals surface area contributed by atoms with E-state index in [1.54, 1.807) is 0 Å². The molecule has 78 valence electrons. The fourth-order valence-corrected chi connectivity index (χ4v) is 2.14. The van der Waals surface area contributed by atoms with Crippen LogP contribution in [0.4, 0.5) is 5.13 Å². The number of nitrogen functional groups attached to an aromatic ring is 1. The van der Waals surface area contributed by atoms with E-state index in [0.717, 1.165) is 12.2 Å². The van der Waals surface area contributed by atoms with Gasteiger partial charge in [-0.25, -0.2) is 4.98 Å². The van der Waals surface area contributed by atoms with Crippen LogP contribution in [-0.2, 0) is 6.42 Å². The van der Waals surface area contributed by atoms with E-state index in [1.807, 2.05) is 0 Å². The standard InChI is InChI=1S/C11H13N3S/c1-7-3-8(2)5-9(4-7)6-10-13-11(12)15-14-10/h3-5H,6H2,1-2H3,(H2,12,13,14). The molecule has 0 unspecified atom stereocenters. The maximum Gasteiger partial charge on any atom is 0.199 e. The Morgan fingerprint density at radius 1 is 1.20 bits per heavy atom. The van der Waals surface area contributed by atoms with E-state index in [2.05, 4.69) is 41.4 Å². The summed E-state index contributed by atoms with van der Waals surface area (Å²) in [7, 11) is 0. The van der Waals surface area contributed by atoms with Crippen LogP contribution in [0.15, 0.2) is 18.2 Å². The Labute approximate surface area is 93.1 Å². The Hall–Kier alpha value is -1.42. The molecular formula is C11H13N3S. The fourth-order valence-electron chi connectivity index (χ4n) is 1.69. The van der Waals surface area contributed by atoms with E-state index in [4.69, 9.17) is 5.73 Å². The number of benzene rings is 1. The highest BCUT2D eigenvalue weighted by molar-refractivity contribution is 7.09. The normalized spacial score (nSPS) is 10.5. The van der Waals surface area contributed by atoms with Gasteiger partial charge in [0, 0.05) is 18.0 Å². The van der Waals surface area contributed by atoms with Crippen LogP contribution in [0.5, 0.6) is 0 Å². The topological polar surface area (TPSA) is 51.8 Å². The summed E-state index contributed by atoms with van der Waals surface area (Å²) in [6.07, 6.45) is 0.760. The number of hydrogen-bond acceptors (Lipinski definition) is 4. The van der Waals surface area contributed by atoms with Crippen molar-refractivity contribution in [2.45, 2.75) is 20.3 Å². The summed E-state index contributed by atoms with van der Waals surface area (Å²) in [4.78, 5) is 4.15. The van der Waals surface area contributed by atoms with E-state index in [9.17, 15) is 0 Å². The summed E-state index contributed by atoms with van der Waals surface area (Å²) in [5, 5.41) is 0.536. The zero-order chi connectivity index (χ0) is 10.8. The smallest absolute Gasteiger partial charge is 0.199 e. The number of nitrogens with two attached hydrogens (primary N) is 1. The molecule has 0 saturated carbocycles. The van der Waals surface area contributed by atoms with Crippen LogP contribution >= 0.6 is 11.5 Å². The van der Waals surface area contributed by atoms with Crippen molar-refractivity contribution in [2.75, 3.05) is 5.73 Å². The molecule has 0 spiro atoms. The van der Waals surface area contributed by atoms with E-state index in [0.29, 0.717) is 5.13 Å². The predicted octanol–water partition coefficient (Wildman–Crippen LogP) is 2.33. The molecule has 0 amide bonds. The van der Waals surface area contributed by atoms with Gasteiger partial charge in [0.05, 0.1) is 0 Å². The van der Waals surface area contributed by atoms with Crippen molar-refractivity contribution in [1.82, 2.24) is 9.36 Å². The predicted molar refractivity (Wildman–Crippen MR) is 63.0 cm³/mol. The molecule has 0 radical (unpaired) electrons. The van der Waals surface area contributed by atoms with Gasteiger partial charge in [-0.15, -0.1) is 0 Å². The molecular weight excluding hydrogens is 206 g/mol. The molecule has 2 rings (SSSR count). The summed E-state index contributed by atoms with van der Waals surface area (Å²) in [5.41, 5.74) is 9.32. The monoisotopic (exact) mass is 219 g/mol. The van der Waals surface area contributed by atoms with Crippen molar-refractivity contribution < 1.29 is 0 Å². The zero-order valence-corrected chi connectivity index (χ0v) is 9.64. The number of anilines is 1. The minimum atomic E-state index is 0.536. The summed E-state index contributed by atoms with van der Waals surface area (Å²) in [6, 6.07) is 6.47. The molecule has 4 heteroatoms. The second-order valence-electron chi connectivity index (χ2n) is 3.72. The third-order valence-electron chi connectivity index (χ3n) is 2.13. The van der Waals surface area contributed by atoms with Crippen LogP contribution < -0.4 is 5.73 Å². The number of rotatable bonds is 2. The lowest BCUT2D eigenvalue weighted by atomic mass is 10.1. The molecule has 0 bridgehead atoms. The van der Waals surface area contributed by atoms with Gasteiger partial charge in [0.1, 0.15) is 5.82 Å². The third kappa shape index (κ3) is 2.53. The van der Waals surface area contributed by atoms with Gasteiger partial charge in [0.2, 0.25) is 0 Å². The van der Waals surface area contributed by atoms with E-state index < -0.39 is 0 Å². The third-order valence-corrected chi connectivity index (χ3v) is 2.71. The lowest BCUT2D eigenvalue weighted by molar-refractivity contribution is 1.03. The van der Waals surface area contributed by atoms with Crippen LogP contribution in [0.25, 0.3) is 0 Å². The highest BCUT2D eigenvalue weighted by atomic mass is 32.1. The van der Waals surface area contributed by atoms with Crippen molar-refractivity contribution in [3.63, 3.8) is 0 Å². The van der Waals surface area contributed by atoms with Crippen molar-refractivity contribution >= 4 is 16.7 Å². The van der Waals surface area contributed by atoms with Gasteiger partial charge in [-0.1, -0.05) is 29.3 Å². The highest BCUT2D eigenvalue weighted by Crippen LogP contribution is 2.14. The van der Waals surface area contributed by atoms with E-state index in [1.165, 1.54) is 28.2 Å². The molecule has 0 aliphatic rings. The van der Waals surface area contributed by atoms with Crippen molar-refractivity contribution in [2.24, 2.45) is 0 Å². The SMILES string of the molecule is Cc1cc(C)cc(Cc2nsc(N)n2)c1. The maximum atomic E-state index is 5.54. The van der Waals surface area contributed by atoms with E-state index >= 15 is 0 Å². The first-order valence-electron chi connectivity index (χ1n) is 4.79. The lowest BCUT2D eigenvalue weighted by Gasteiger charge is -2.02. The van der Waals surface area contributed by atoms with Gasteiger partial charge in [-0.2, -0.15) is 4.37 Å². The van der Waals surface area contributed by atoms with Gasteiger partial charge in [0.15, 0.2) is 5.13 Å². The first-order valence-corrected chi connectivity index (χ1v) is 5.56. The first-order chi connectivity index (χ1) is 7.13. The molecule has 3 nitrogen and oxygen atoms in total. The van der Waals surface area contributed by atoms with E-state index in [-0.39, 0.29) is 0 Å². The van der Waals surface area contributed by atoms with Crippen LogP contribution in [0, 0.1) is 13.8 Å². The Kier molecular flexibility index (Phi) is 2.68. The second kappa shape index (κ2) is 3.98. The minimum absolute atomic E-state index is 0.536. The molecule has 0 aliphatic carbocycles. The quantitative estimate of drug-likeness (QED) is 0.843. The van der Waals surface area contributed by atoms with Crippen molar-refractivity contribution in [1.29, 1.82) is 0 Å². The molecule has 0 fully saturated rings. The van der Waals surface area contributed by atoms with Crippen LogP contribution in [-0.4, -0.2) is 9.36 Å². The number of hydrogen-bond donors (Lipinski definition) is 1. The first kappa shape index (κ1) is 10.1. The number of aromatic nitrogens is 2. The molecule has 1 aromatic carbocycles. The van der Waals surface area contributed by atoms with Crippen molar-refractivity contribution in [3.05, 3.63) is 40.7 Å². The molecule has 2 aromatic rings. The average molecular weight is 219 g/mol. The summed E-state index contributed by atoms with van der Waals surface area (Å²) >= 11 is 1.25. The largest absolute Gasteiger partial charge is 0.374 e. The van der Waals surface area contributed by atoms with Crippen LogP contribution in [0.3, 0.4) is 0 Å². The summed E-state index contributed by atoms with van der Waals surface area (Å²) < 4.78 is 4.18. The Morgan fingerprint density at radius 3 is 2.40 bits per heavy atom. The van der Waals surface area contributed by atoms with Gasteiger partial charge in [-0.3, -0.25) is 0 Å². The van der Waals surface area contributed by atoms with Crippen molar-refractivity contribution in [3.8, 4) is 0 Å². The van der Waals surface area contributed by atoms with Gasteiger partial charge in [0.25, 0.3) is 0 Å². The number of nitrogens with zero attached hydrogens (tertiary/aromatic N) is 2. The van der Waals surface area contributed by atoms with Crippen LogP contribution in [0.2, 0.25) is 0 Å². The Morgan fingerprint density at radius 2 is 1.87 bits per heavy atom. The lowest BCUT2D eigenvalue weighted by Crippen LogP contribution is -1.93. The minimum Gasteiger partial charge on any atom is -0.374 e.